The molecule has 0 amide bonds. The highest BCUT2D eigenvalue weighted by atomic mass is 16.6. The Balaban J connectivity index is 1.71. The summed E-state index contributed by atoms with van der Waals surface area (Å²) in [6.45, 7) is 0.459. The smallest absolute Gasteiger partial charge is 0.274 e. The third-order valence-electron chi connectivity index (χ3n) is 4.13. The number of hydrogen-bond donors (Lipinski definition) is 0. The molecular weight excluding hydrogens is 306 g/mol. The van der Waals surface area contributed by atoms with Crippen LogP contribution in [0.1, 0.15) is 18.4 Å². The van der Waals surface area contributed by atoms with Gasteiger partial charge < -0.3 is 4.90 Å². The molecule has 0 bridgehead atoms. The molecule has 0 saturated heterocycles. The number of hydrogen-bond acceptors (Lipinski definition) is 6. The summed E-state index contributed by atoms with van der Waals surface area (Å²) in [4.78, 5) is 26.1. The second-order valence-corrected chi connectivity index (χ2v) is 5.81. The highest BCUT2D eigenvalue weighted by Gasteiger charge is 2.31. The van der Waals surface area contributed by atoms with Crippen LogP contribution in [-0.2, 0) is 6.54 Å². The van der Waals surface area contributed by atoms with Crippen LogP contribution in [0, 0.1) is 10.1 Å². The first kappa shape index (κ1) is 14.5. The van der Waals surface area contributed by atoms with Crippen molar-refractivity contribution in [2.75, 3.05) is 4.90 Å². The molecule has 1 aromatic carbocycles. The maximum atomic E-state index is 11.3. The lowest BCUT2D eigenvalue weighted by atomic mass is 10.1. The van der Waals surface area contributed by atoms with Crippen molar-refractivity contribution in [1.29, 1.82) is 0 Å². The fourth-order valence-electron chi connectivity index (χ4n) is 2.79. The third kappa shape index (κ3) is 2.76. The summed E-state index contributed by atoms with van der Waals surface area (Å²) in [5, 5.41) is 11.3. The van der Waals surface area contributed by atoms with Gasteiger partial charge >= 0.3 is 0 Å². The van der Waals surface area contributed by atoms with E-state index in [0.717, 1.165) is 24.2 Å². The van der Waals surface area contributed by atoms with E-state index in [9.17, 15) is 10.1 Å². The monoisotopic (exact) mass is 321 g/mol. The topological polar surface area (TPSA) is 85.0 Å². The molecule has 0 radical (unpaired) electrons. The third-order valence-corrected chi connectivity index (χ3v) is 4.13. The van der Waals surface area contributed by atoms with Crippen LogP contribution in [0.25, 0.3) is 11.2 Å². The van der Waals surface area contributed by atoms with E-state index in [4.69, 9.17) is 0 Å². The second-order valence-electron chi connectivity index (χ2n) is 5.81. The molecular formula is C17H15N5O2. The van der Waals surface area contributed by atoms with Gasteiger partial charge in [0, 0.05) is 30.1 Å². The van der Waals surface area contributed by atoms with Crippen LogP contribution in [-0.4, -0.2) is 25.9 Å². The van der Waals surface area contributed by atoms with E-state index in [1.807, 2.05) is 18.2 Å². The summed E-state index contributed by atoms with van der Waals surface area (Å²) in [6.07, 6.45) is 5.39. The first-order chi connectivity index (χ1) is 11.7. The van der Waals surface area contributed by atoms with Gasteiger partial charge in [0.15, 0.2) is 5.65 Å². The van der Waals surface area contributed by atoms with Crippen molar-refractivity contribution in [2.45, 2.75) is 25.4 Å². The number of nitro benzene ring substituents is 1. The lowest BCUT2D eigenvalue weighted by molar-refractivity contribution is -0.385. The molecule has 0 N–H and O–H groups in total. The van der Waals surface area contributed by atoms with Crippen molar-refractivity contribution in [3.63, 3.8) is 0 Å². The van der Waals surface area contributed by atoms with E-state index >= 15 is 0 Å². The van der Waals surface area contributed by atoms with Gasteiger partial charge in [-0.05, 0) is 25.0 Å². The number of para-hydroxylation sites is 1. The molecule has 0 atom stereocenters. The van der Waals surface area contributed by atoms with E-state index in [1.54, 1.807) is 30.6 Å². The number of nitro groups is 1. The highest BCUT2D eigenvalue weighted by Crippen LogP contribution is 2.34. The number of aromatic nitrogens is 3. The second kappa shape index (κ2) is 5.84. The Kier molecular flexibility index (Phi) is 3.53. The Morgan fingerprint density at radius 3 is 2.71 bits per heavy atom. The van der Waals surface area contributed by atoms with Crippen molar-refractivity contribution in [1.82, 2.24) is 15.0 Å². The van der Waals surface area contributed by atoms with Crippen molar-refractivity contribution >= 4 is 22.7 Å². The molecule has 2 heterocycles. The van der Waals surface area contributed by atoms with Crippen LogP contribution in [0.3, 0.4) is 0 Å². The standard InChI is InChI=1S/C17H15N5O2/c23-22(24)15-4-2-1-3-12(15)11-21(13-5-6-13)16-8-7-14-17(20-16)19-10-9-18-14/h1-4,7-10,13H,5-6,11H2. The largest absolute Gasteiger partial charge is 0.349 e. The average molecular weight is 321 g/mol. The first-order valence-corrected chi connectivity index (χ1v) is 7.79. The van der Waals surface area contributed by atoms with Crippen molar-refractivity contribution in [3.8, 4) is 0 Å². The van der Waals surface area contributed by atoms with Gasteiger partial charge in [-0.2, -0.15) is 0 Å². The molecule has 1 saturated carbocycles. The molecule has 1 aliphatic rings. The lowest BCUT2D eigenvalue weighted by Gasteiger charge is -2.23. The van der Waals surface area contributed by atoms with Crippen LogP contribution in [0.5, 0.6) is 0 Å². The molecule has 0 unspecified atom stereocenters. The van der Waals surface area contributed by atoms with Crippen molar-refractivity contribution in [3.05, 3.63) is 64.5 Å². The predicted octanol–water partition coefficient (Wildman–Crippen LogP) is 3.10. The summed E-state index contributed by atoms with van der Waals surface area (Å²) >= 11 is 0. The quantitative estimate of drug-likeness (QED) is 0.530. The van der Waals surface area contributed by atoms with E-state index in [2.05, 4.69) is 19.9 Å². The van der Waals surface area contributed by atoms with Crippen LogP contribution in [0.4, 0.5) is 11.5 Å². The van der Waals surface area contributed by atoms with Gasteiger partial charge in [0.2, 0.25) is 0 Å². The van der Waals surface area contributed by atoms with E-state index < -0.39 is 0 Å². The molecule has 4 rings (SSSR count). The summed E-state index contributed by atoms with van der Waals surface area (Å²) in [7, 11) is 0. The van der Waals surface area contributed by atoms with Crippen LogP contribution in [0.15, 0.2) is 48.8 Å². The number of pyridine rings is 1. The molecule has 120 valence electrons. The number of rotatable bonds is 5. The fraction of sp³-hybridized carbons (Fsp3) is 0.235. The van der Waals surface area contributed by atoms with Gasteiger partial charge in [-0.15, -0.1) is 0 Å². The Bertz CT molecular complexity index is 910. The SMILES string of the molecule is O=[N+]([O-])c1ccccc1CN(c1ccc2nccnc2n1)C1CC1. The van der Waals surface area contributed by atoms with E-state index in [1.165, 1.54) is 0 Å². The normalized spacial score (nSPS) is 13.8. The van der Waals surface area contributed by atoms with Crippen LogP contribution in [0.2, 0.25) is 0 Å². The zero-order valence-electron chi connectivity index (χ0n) is 12.9. The van der Waals surface area contributed by atoms with Gasteiger partial charge in [0.1, 0.15) is 11.3 Å². The molecule has 1 fully saturated rings. The maximum absolute atomic E-state index is 11.3. The summed E-state index contributed by atoms with van der Waals surface area (Å²) in [5.74, 6) is 0.781. The van der Waals surface area contributed by atoms with Crippen LogP contribution >= 0.6 is 0 Å². The molecule has 2 aromatic heterocycles. The van der Waals surface area contributed by atoms with Crippen molar-refractivity contribution in [2.24, 2.45) is 0 Å². The van der Waals surface area contributed by atoms with Gasteiger partial charge in [0.25, 0.3) is 5.69 Å². The molecule has 0 aliphatic heterocycles. The number of benzene rings is 1. The number of anilines is 1. The maximum Gasteiger partial charge on any atom is 0.274 e. The average Bonchev–Trinajstić information content (AvgIpc) is 3.44. The van der Waals surface area contributed by atoms with Gasteiger partial charge in [-0.1, -0.05) is 18.2 Å². The van der Waals surface area contributed by atoms with E-state index in [-0.39, 0.29) is 10.6 Å². The highest BCUT2D eigenvalue weighted by molar-refractivity contribution is 5.71. The summed E-state index contributed by atoms with van der Waals surface area (Å²) in [6, 6.07) is 11.0. The molecule has 7 heteroatoms. The lowest BCUT2D eigenvalue weighted by Crippen LogP contribution is -2.26. The van der Waals surface area contributed by atoms with E-state index in [0.29, 0.717) is 23.8 Å². The zero-order valence-corrected chi connectivity index (χ0v) is 12.9. The molecule has 0 spiro atoms. The summed E-state index contributed by atoms with van der Waals surface area (Å²) < 4.78 is 0. The molecule has 3 aromatic rings. The minimum atomic E-state index is -0.334. The van der Waals surface area contributed by atoms with Crippen molar-refractivity contribution < 1.29 is 4.92 Å². The minimum absolute atomic E-state index is 0.142. The first-order valence-electron chi connectivity index (χ1n) is 7.79. The Hall–Kier alpha value is -3.09. The van der Waals surface area contributed by atoms with Gasteiger partial charge in [-0.3, -0.25) is 15.1 Å². The van der Waals surface area contributed by atoms with Gasteiger partial charge in [-0.25, -0.2) is 9.97 Å². The fourth-order valence-corrected chi connectivity index (χ4v) is 2.79. The van der Waals surface area contributed by atoms with Crippen LogP contribution < -0.4 is 4.90 Å². The minimum Gasteiger partial charge on any atom is -0.349 e. The molecule has 7 nitrogen and oxygen atoms in total. The number of fused-ring (bicyclic) bond motifs is 1. The Morgan fingerprint density at radius 2 is 1.92 bits per heavy atom. The predicted molar refractivity (Wildman–Crippen MR) is 89.6 cm³/mol. The molecule has 24 heavy (non-hydrogen) atoms. The Morgan fingerprint density at radius 1 is 1.12 bits per heavy atom. The number of nitrogens with zero attached hydrogens (tertiary/aromatic N) is 5. The molecule has 1 aliphatic carbocycles. The zero-order chi connectivity index (χ0) is 16.5. The van der Waals surface area contributed by atoms with Gasteiger partial charge in [0.05, 0.1) is 11.5 Å². The Labute approximate surface area is 138 Å². The summed E-state index contributed by atoms with van der Waals surface area (Å²) in [5.41, 5.74) is 2.16.